The first-order valence-electron chi connectivity index (χ1n) is 6.04. The summed E-state index contributed by atoms with van der Waals surface area (Å²) >= 11 is 0. The van der Waals surface area contributed by atoms with Crippen LogP contribution >= 0.6 is 0 Å². The highest BCUT2D eigenvalue weighted by molar-refractivity contribution is 4.64. The smallest absolute Gasteiger partial charge is 0.0558 e. The summed E-state index contributed by atoms with van der Waals surface area (Å²) in [6, 6.07) is 1.15. The molecule has 0 unspecified atom stereocenters. The largest absolute Gasteiger partial charge is 0.395 e. The van der Waals surface area contributed by atoms with Crippen molar-refractivity contribution in [3.8, 4) is 0 Å². The molecule has 0 aliphatic rings. The van der Waals surface area contributed by atoms with Gasteiger partial charge in [-0.15, -0.1) is 0 Å². The van der Waals surface area contributed by atoms with Crippen molar-refractivity contribution in [1.82, 2.24) is 9.80 Å². The normalized spacial score (nSPS) is 12.4. The standard InChI is InChI=1S/C12H28N2O/c1-11(2)13(5)7-6-8-14(9-10-15)12(3)4/h11-12,15H,6-10H2,1-5H3. The molecule has 0 aromatic rings. The number of aliphatic hydroxyl groups is 1. The van der Waals surface area contributed by atoms with Gasteiger partial charge in [0.1, 0.15) is 0 Å². The maximum absolute atomic E-state index is 8.93. The predicted molar refractivity (Wildman–Crippen MR) is 66.2 cm³/mol. The molecule has 0 bridgehead atoms. The van der Waals surface area contributed by atoms with E-state index in [4.69, 9.17) is 5.11 Å². The molecule has 0 aromatic carbocycles. The molecule has 0 spiro atoms. The summed E-state index contributed by atoms with van der Waals surface area (Å²) in [4.78, 5) is 4.69. The van der Waals surface area contributed by atoms with E-state index in [1.165, 1.54) is 6.42 Å². The van der Waals surface area contributed by atoms with Gasteiger partial charge in [0, 0.05) is 18.6 Å². The van der Waals surface area contributed by atoms with E-state index in [0.717, 1.165) is 19.6 Å². The summed E-state index contributed by atoms with van der Waals surface area (Å²) in [5.74, 6) is 0. The van der Waals surface area contributed by atoms with E-state index in [1.807, 2.05) is 0 Å². The van der Waals surface area contributed by atoms with E-state index < -0.39 is 0 Å². The Morgan fingerprint density at radius 3 is 1.93 bits per heavy atom. The summed E-state index contributed by atoms with van der Waals surface area (Å²) in [6.07, 6.45) is 1.17. The molecule has 3 nitrogen and oxygen atoms in total. The maximum Gasteiger partial charge on any atom is 0.0558 e. The SMILES string of the molecule is CC(C)N(C)CCCN(CCO)C(C)C. The van der Waals surface area contributed by atoms with Crippen LogP contribution in [-0.4, -0.2) is 60.3 Å². The van der Waals surface area contributed by atoms with E-state index in [9.17, 15) is 0 Å². The Labute approximate surface area is 95.1 Å². The third-order valence-corrected chi connectivity index (χ3v) is 2.96. The van der Waals surface area contributed by atoms with Gasteiger partial charge in [-0.2, -0.15) is 0 Å². The molecule has 0 saturated heterocycles. The van der Waals surface area contributed by atoms with Crippen molar-refractivity contribution >= 4 is 0 Å². The molecule has 0 saturated carbocycles. The highest BCUT2D eigenvalue weighted by atomic mass is 16.3. The Bertz CT molecular complexity index is 149. The van der Waals surface area contributed by atoms with Gasteiger partial charge in [-0.05, 0) is 54.3 Å². The first kappa shape index (κ1) is 14.9. The average Bonchev–Trinajstić information content (AvgIpc) is 2.15. The van der Waals surface area contributed by atoms with Crippen LogP contribution in [0.25, 0.3) is 0 Å². The van der Waals surface area contributed by atoms with Gasteiger partial charge < -0.3 is 10.0 Å². The first-order chi connectivity index (χ1) is 6.99. The fourth-order valence-corrected chi connectivity index (χ4v) is 1.54. The van der Waals surface area contributed by atoms with Crippen molar-refractivity contribution in [3.05, 3.63) is 0 Å². The zero-order valence-electron chi connectivity index (χ0n) is 11.0. The summed E-state index contributed by atoms with van der Waals surface area (Å²) < 4.78 is 0. The Balaban J connectivity index is 3.70. The Morgan fingerprint density at radius 2 is 1.53 bits per heavy atom. The van der Waals surface area contributed by atoms with Crippen molar-refractivity contribution in [2.75, 3.05) is 33.3 Å². The fraction of sp³-hybridized carbons (Fsp3) is 1.00. The lowest BCUT2D eigenvalue weighted by atomic mass is 10.2. The van der Waals surface area contributed by atoms with Gasteiger partial charge in [-0.3, -0.25) is 4.90 Å². The van der Waals surface area contributed by atoms with Crippen molar-refractivity contribution < 1.29 is 5.11 Å². The molecule has 0 rings (SSSR count). The highest BCUT2D eigenvalue weighted by Gasteiger charge is 2.09. The Kier molecular flexibility index (Phi) is 8.02. The maximum atomic E-state index is 8.93. The number of rotatable bonds is 8. The van der Waals surface area contributed by atoms with Crippen LogP contribution in [0.3, 0.4) is 0 Å². The molecule has 0 radical (unpaired) electrons. The lowest BCUT2D eigenvalue weighted by Gasteiger charge is -2.27. The fourth-order valence-electron chi connectivity index (χ4n) is 1.54. The highest BCUT2D eigenvalue weighted by Crippen LogP contribution is 2.01. The molecule has 0 aliphatic carbocycles. The van der Waals surface area contributed by atoms with Gasteiger partial charge in [0.2, 0.25) is 0 Å². The third kappa shape index (κ3) is 6.88. The van der Waals surface area contributed by atoms with Crippen LogP contribution in [0.1, 0.15) is 34.1 Å². The number of nitrogens with zero attached hydrogens (tertiary/aromatic N) is 2. The van der Waals surface area contributed by atoms with Crippen LogP contribution < -0.4 is 0 Å². The first-order valence-corrected chi connectivity index (χ1v) is 6.04. The lowest BCUT2D eigenvalue weighted by Crippen LogP contribution is -2.36. The Hall–Kier alpha value is -0.120. The van der Waals surface area contributed by atoms with Gasteiger partial charge in [0.05, 0.1) is 6.61 Å². The predicted octanol–water partition coefficient (Wildman–Crippen LogP) is 1.42. The second-order valence-corrected chi connectivity index (χ2v) is 4.78. The van der Waals surface area contributed by atoms with Crippen LogP contribution in [0.5, 0.6) is 0 Å². The molecular formula is C12H28N2O. The molecule has 1 N–H and O–H groups in total. The van der Waals surface area contributed by atoms with Gasteiger partial charge in [-0.25, -0.2) is 0 Å². The van der Waals surface area contributed by atoms with Gasteiger partial charge in [0.15, 0.2) is 0 Å². The van der Waals surface area contributed by atoms with Crippen molar-refractivity contribution in [2.45, 2.75) is 46.2 Å². The molecule has 3 heteroatoms. The summed E-state index contributed by atoms with van der Waals surface area (Å²) in [5.41, 5.74) is 0. The van der Waals surface area contributed by atoms with Crippen LogP contribution in [0.4, 0.5) is 0 Å². The van der Waals surface area contributed by atoms with E-state index in [1.54, 1.807) is 0 Å². The minimum absolute atomic E-state index is 0.262. The van der Waals surface area contributed by atoms with Crippen LogP contribution in [0.15, 0.2) is 0 Å². The molecule has 0 heterocycles. The molecule has 0 aliphatic heterocycles. The number of hydrogen-bond donors (Lipinski definition) is 1. The van der Waals surface area contributed by atoms with E-state index in [0.29, 0.717) is 12.1 Å². The lowest BCUT2D eigenvalue weighted by molar-refractivity contribution is 0.155. The number of aliphatic hydroxyl groups excluding tert-OH is 1. The van der Waals surface area contributed by atoms with Crippen LogP contribution in [-0.2, 0) is 0 Å². The second-order valence-electron chi connectivity index (χ2n) is 4.78. The molecule has 92 valence electrons. The second kappa shape index (κ2) is 8.08. The zero-order valence-corrected chi connectivity index (χ0v) is 11.0. The minimum atomic E-state index is 0.262. The van der Waals surface area contributed by atoms with Crippen molar-refractivity contribution in [1.29, 1.82) is 0 Å². The molecule has 15 heavy (non-hydrogen) atoms. The minimum Gasteiger partial charge on any atom is -0.395 e. The summed E-state index contributed by atoms with van der Waals surface area (Å²) in [6.45, 7) is 12.1. The Morgan fingerprint density at radius 1 is 0.933 bits per heavy atom. The molecular weight excluding hydrogens is 188 g/mol. The zero-order chi connectivity index (χ0) is 11.8. The van der Waals surface area contributed by atoms with Gasteiger partial charge in [-0.1, -0.05) is 0 Å². The summed E-state index contributed by atoms with van der Waals surface area (Å²) in [7, 11) is 2.16. The topological polar surface area (TPSA) is 26.7 Å². The van der Waals surface area contributed by atoms with E-state index in [2.05, 4.69) is 44.5 Å². The van der Waals surface area contributed by atoms with E-state index in [-0.39, 0.29) is 6.61 Å². The van der Waals surface area contributed by atoms with E-state index >= 15 is 0 Å². The van der Waals surface area contributed by atoms with Gasteiger partial charge >= 0.3 is 0 Å². The van der Waals surface area contributed by atoms with Crippen molar-refractivity contribution in [2.24, 2.45) is 0 Å². The van der Waals surface area contributed by atoms with Crippen LogP contribution in [0.2, 0.25) is 0 Å². The molecule has 0 amide bonds. The molecule has 0 fully saturated rings. The average molecular weight is 216 g/mol. The molecule has 0 aromatic heterocycles. The number of hydrogen-bond acceptors (Lipinski definition) is 3. The van der Waals surface area contributed by atoms with Crippen molar-refractivity contribution in [3.63, 3.8) is 0 Å². The summed E-state index contributed by atoms with van der Waals surface area (Å²) in [5, 5.41) is 8.93. The van der Waals surface area contributed by atoms with Gasteiger partial charge in [0.25, 0.3) is 0 Å². The molecule has 0 atom stereocenters. The third-order valence-electron chi connectivity index (χ3n) is 2.96. The monoisotopic (exact) mass is 216 g/mol. The van der Waals surface area contributed by atoms with Crippen LogP contribution in [0, 0.1) is 0 Å². The quantitative estimate of drug-likeness (QED) is 0.665.